The number of benzene rings is 1. The molecule has 1 aromatic carbocycles. The molecule has 0 radical (unpaired) electrons. The third-order valence-corrected chi connectivity index (χ3v) is 3.31. The zero-order chi connectivity index (χ0) is 11.8. The minimum absolute atomic E-state index is 0.171. The van der Waals surface area contributed by atoms with Gasteiger partial charge in [-0.15, -0.1) is 0 Å². The summed E-state index contributed by atoms with van der Waals surface area (Å²) in [7, 11) is 0. The van der Waals surface area contributed by atoms with Crippen molar-refractivity contribution in [3.05, 3.63) is 35.4 Å². The lowest BCUT2D eigenvalue weighted by Crippen LogP contribution is -2.32. The summed E-state index contributed by atoms with van der Waals surface area (Å²) in [5.74, 6) is 0.345. The Bertz CT molecular complexity index is 397. The smallest absolute Gasteiger partial charge is 0.194 e. The second-order valence-corrected chi connectivity index (χ2v) is 5.10. The van der Waals surface area contributed by atoms with Gasteiger partial charge in [0.05, 0.1) is 0 Å². The van der Waals surface area contributed by atoms with Crippen LogP contribution in [0.5, 0.6) is 0 Å². The van der Waals surface area contributed by atoms with Crippen molar-refractivity contribution in [3.63, 3.8) is 0 Å². The molecule has 0 amide bonds. The van der Waals surface area contributed by atoms with Gasteiger partial charge in [0.2, 0.25) is 0 Å². The summed E-state index contributed by atoms with van der Waals surface area (Å²) in [6, 6.07) is 7.67. The number of Topliss-reactive ketones (excluding diaryl/α,β-unsaturated/α-hetero) is 1. The number of hydrogen-bond donors (Lipinski definition) is 1. The molecule has 0 spiro atoms. The molecule has 1 fully saturated rings. The molecule has 0 saturated heterocycles. The molecule has 0 aromatic heterocycles. The molecule has 0 unspecified atom stereocenters. The Kier molecular flexibility index (Phi) is 2.85. The van der Waals surface area contributed by atoms with E-state index in [1.807, 2.05) is 24.3 Å². The highest BCUT2D eigenvalue weighted by atomic mass is 16.3. The van der Waals surface area contributed by atoms with Crippen molar-refractivity contribution < 1.29 is 9.90 Å². The molecule has 2 nitrogen and oxygen atoms in total. The van der Waals surface area contributed by atoms with Crippen LogP contribution in [0.1, 0.15) is 54.9 Å². The molecule has 1 N–H and O–H groups in total. The van der Waals surface area contributed by atoms with E-state index >= 15 is 0 Å². The fraction of sp³-hybridized carbons (Fsp3) is 0.500. The Morgan fingerprint density at radius 3 is 2.44 bits per heavy atom. The van der Waals surface area contributed by atoms with Crippen LogP contribution in [0.3, 0.4) is 0 Å². The molecule has 0 heterocycles. The Hall–Kier alpha value is -1.15. The van der Waals surface area contributed by atoms with Gasteiger partial charge in [0.15, 0.2) is 5.78 Å². The Morgan fingerprint density at radius 1 is 1.31 bits per heavy atom. The lowest BCUT2D eigenvalue weighted by Gasteiger charge is -2.28. The summed E-state index contributed by atoms with van der Waals surface area (Å²) in [6.45, 7) is 3.10. The van der Waals surface area contributed by atoms with E-state index in [2.05, 4.69) is 0 Å². The SMILES string of the molecule is CC(C)(O)C(=O)c1ccccc1C1CCC1. The fourth-order valence-corrected chi connectivity index (χ4v) is 2.11. The predicted octanol–water partition coefficient (Wildman–Crippen LogP) is 2.91. The van der Waals surface area contributed by atoms with Gasteiger partial charge in [0.1, 0.15) is 5.60 Å². The first-order valence-electron chi connectivity index (χ1n) is 5.86. The minimum Gasteiger partial charge on any atom is -0.382 e. The average Bonchev–Trinajstić information content (AvgIpc) is 2.13. The first-order valence-corrected chi connectivity index (χ1v) is 5.86. The summed E-state index contributed by atoms with van der Waals surface area (Å²) < 4.78 is 0. The molecule has 86 valence electrons. The maximum absolute atomic E-state index is 12.1. The molecule has 1 saturated carbocycles. The Morgan fingerprint density at radius 2 is 1.94 bits per heavy atom. The number of aliphatic hydroxyl groups is 1. The van der Waals surface area contributed by atoms with Gasteiger partial charge in [0, 0.05) is 5.56 Å². The quantitative estimate of drug-likeness (QED) is 0.792. The van der Waals surface area contributed by atoms with Crippen LogP contribution in [-0.2, 0) is 0 Å². The molecule has 1 aliphatic rings. The van der Waals surface area contributed by atoms with Crippen molar-refractivity contribution >= 4 is 5.78 Å². The summed E-state index contributed by atoms with van der Waals surface area (Å²) >= 11 is 0. The zero-order valence-corrected chi connectivity index (χ0v) is 9.86. The third kappa shape index (κ3) is 2.03. The molecule has 1 aromatic rings. The van der Waals surface area contributed by atoms with E-state index in [0.717, 1.165) is 18.4 Å². The molecular formula is C14H18O2. The van der Waals surface area contributed by atoms with Crippen LogP contribution in [0, 0.1) is 0 Å². The maximum Gasteiger partial charge on any atom is 0.194 e. The number of rotatable bonds is 3. The van der Waals surface area contributed by atoms with Crippen molar-refractivity contribution in [1.82, 2.24) is 0 Å². The topological polar surface area (TPSA) is 37.3 Å². The maximum atomic E-state index is 12.1. The standard InChI is InChI=1S/C14H18O2/c1-14(2,16)13(15)12-9-4-3-8-11(12)10-6-5-7-10/h3-4,8-10,16H,5-7H2,1-2H3. The number of carbonyl (C=O) groups is 1. The van der Waals surface area contributed by atoms with Crippen LogP contribution in [0.4, 0.5) is 0 Å². The predicted molar refractivity (Wildman–Crippen MR) is 63.7 cm³/mol. The highest BCUT2D eigenvalue weighted by molar-refractivity contribution is 6.03. The number of carbonyl (C=O) groups excluding carboxylic acids is 1. The molecule has 0 bridgehead atoms. The monoisotopic (exact) mass is 218 g/mol. The van der Waals surface area contributed by atoms with E-state index in [1.54, 1.807) is 13.8 Å². The molecule has 0 aliphatic heterocycles. The molecular weight excluding hydrogens is 200 g/mol. The summed E-state index contributed by atoms with van der Waals surface area (Å²) in [6.07, 6.45) is 3.57. The van der Waals surface area contributed by atoms with Gasteiger partial charge in [-0.1, -0.05) is 30.7 Å². The molecule has 16 heavy (non-hydrogen) atoms. The van der Waals surface area contributed by atoms with E-state index in [1.165, 1.54) is 6.42 Å². The summed E-state index contributed by atoms with van der Waals surface area (Å²) in [5, 5.41) is 9.79. The van der Waals surface area contributed by atoms with Crippen LogP contribution in [0.25, 0.3) is 0 Å². The van der Waals surface area contributed by atoms with Gasteiger partial charge in [-0.05, 0) is 38.2 Å². The second kappa shape index (κ2) is 4.02. The van der Waals surface area contributed by atoms with Crippen molar-refractivity contribution in [1.29, 1.82) is 0 Å². The first-order chi connectivity index (χ1) is 7.50. The van der Waals surface area contributed by atoms with Gasteiger partial charge >= 0.3 is 0 Å². The molecule has 2 rings (SSSR count). The lowest BCUT2D eigenvalue weighted by atomic mass is 9.76. The molecule has 1 aliphatic carbocycles. The van der Waals surface area contributed by atoms with E-state index in [0.29, 0.717) is 11.5 Å². The van der Waals surface area contributed by atoms with Crippen molar-refractivity contribution in [2.75, 3.05) is 0 Å². The van der Waals surface area contributed by atoms with Crippen LogP contribution < -0.4 is 0 Å². The van der Waals surface area contributed by atoms with Crippen LogP contribution in [0.15, 0.2) is 24.3 Å². The molecule has 0 atom stereocenters. The Balaban J connectivity index is 2.36. The van der Waals surface area contributed by atoms with Gasteiger partial charge in [-0.25, -0.2) is 0 Å². The van der Waals surface area contributed by atoms with E-state index in [9.17, 15) is 9.90 Å². The van der Waals surface area contributed by atoms with Gasteiger partial charge < -0.3 is 5.11 Å². The van der Waals surface area contributed by atoms with Crippen molar-refractivity contribution in [3.8, 4) is 0 Å². The fourth-order valence-electron chi connectivity index (χ4n) is 2.11. The van der Waals surface area contributed by atoms with E-state index in [-0.39, 0.29) is 5.78 Å². The summed E-state index contributed by atoms with van der Waals surface area (Å²) in [5.41, 5.74) is 0.528. The summed E-state index contributed by atoms with van der Waals surface area (Å²) in [4.78, 5) is 12.1. The zero-order valence-electron chi connectivity index (χ0n) is 9.86. The van der Waals surface area contributed by atoms with E-state index < -0.39 is 5.60 Å². The normalized spacial score (nSPS) is 16.9. The minimum atomic E-state index is -1.28. The van der Waals surface area contributed by atoms with E-state index in [4.69, 9.17) is 0 Å². The lowest BCUT2D eigenvalue weighted by molar-refractivity contribution is 0.0486. The van der Waals surface area contributed by atoms with Crippen LogP contribution in [0.2, 0.25) is 0 Å². The second-order valence-electron chi connectivity index (χ2n) is 5.10. The number of ketones is 1. The van der Waals surface area contributed by atoms with Gasteiger partial charge in [-0.3, -0.25) is 4.79 Å². The first kappa shape index (κ1) is 11.3. The highest BCUT2D eigenvalue weighted by Crippen LogP contribution is 2.38. The van der Waals surface area contributed by atoms with Gasteiger partial charge in [-0.2, -0.15) is 0 Å². The van der Waals surface area contributed by atoms with Crippen LogP contribution >= 0.6 is 0 Å². The molecule has 2 heteroatoms. The van der Waals surface area contributed by atoms with Gasteiger partial charge in [0.25, 0.3) is 0 Å². The highest BCUT2D eigenvalue weighted by Gasteiger charge is 2.30. The third-order valence-electron chi connectivity index (χ3n) is 3.31. The van der Waals surface area contributed by atoms with Crippen molar-refractivity contribution in [2.45, 2.75) is 44.6 Å². The number of hydrogen-bond acceptors (Lipinski definition) is 2. The van der Waals surface area contributed by atoms with Crippen molar-refractivity contribution in [2.24, 2.45) is 0 Å². The Labute approximate surface area is 96.3 Å². The largest absolute Gasteiger partial charge is 0.382 e. The average molecular weight is 218 g/mol. The van der Waals surface area contributed by atoms with Crippen LogP contribution in [-0.4, -0.2) is 16.5 Å².